The van der Waals surface area contributed by atoms with Crippen LogP contribution in [0.4, 0.5) is 0 Å². The summed E-state index contributed by atoms with van der Waals surface area (Å²) in [4.78, 5) is 0.340. The molecule has 4 heteroatoms. The minimum atomic E-state index is -3.42. The first-order valence-electron chi connectivity index (χ1n) is 6.66. The molecule has 19 heavy (non-hydrogen) atoms. The molecule has 1 aromatic carbocycles. The number of hydrogen-bond acceptors (Lipinski definition) is 2. The van der Waals surface area contributed by atoms with Crippen molar-refractivity contribution < 1.29 is 8.42 Å². The summed E-state index contributed by atoms with van der Waals surface area (Å²) in [7, 11) is -3.42. The molecule has 0 saturated heterocycles. The van der Waals surface area contributed by atoms with Crippen molar-refractivity contribution in [1.29, 1.82) is 0 Å². The molecule has 0 heterocycles. The molecule has 3 nitrogen and oxygen atoms in total. The first-order chi connectivity index (χ1) is 8.90. The highest BCUT2D eigenvalue weighted by Crippen LogP contribution is 2.27. The van der Waals surface area contributed by atoms with Crippen molar-refractivity contribution >= 4 is 10.0 Å². The number of rotatable bonds is 4. The molecule has 0 aromatic heterocycles. The van der Waals surface area contributed by atoms with Gasteiger partial charge in [0, 0.05) is 6.04 Å². The first-order valence-corrected chi connectivity index (χ1v) is 8.14. The number of sulfonamides is 1. The maximum absolute atomic E-state index is 12.3. The maximum atomic E-state index is 12.3. The van der Waals surface area contributed by atoms with E-state index in [4.69, 9.17) is 0 Å². The molecule has 2 atom stereocenters. The minimum absolute atomic E-state index is 0.0219. The second-order valence-electron chi connectivity index (χ2n) is 5.53. The highest BCUT2D eigenvalue weighted by Gasteiger charge is 2.29. The van der Waals surface area contributed by atoms with Crippen LogP contribution >= 0.6 is 0 Å². The van der Waals surface area contributed by atoms with Crippen molar-refractivity contribution in [2.45, 2.75) is 38.1 Å². The minimum Gasteiger partial charge on any atom is -0.207 e. The third-order valence-electron chi connectivity index (χ3n) is 3.62. The van der Waals surface area contributed by atoms with Crippen LogP contribution in [0.3, 0.4) is 0 Å². The van der Waals surface area contributed by atoms with Gasteiger partial charge >= 0.3 is 0 Å². The van der Waals surface area contributed by atoms with Crippen molar-refractivity contribution in [3.05, 3.63) is 42.0 Å². The molecule has 0 unspecified atom stereocenters. The van der Waals surface area contributed by atoms with E-state index in [1.165, 1.54) is 0 Å². The van der Waals surface area contributed by atoms with E-state index in [1.54, 1.807) is 12.1 Å². The summed E-state index contributed by atoms with van der Waals surface area (Å²) in [5, 5.41) is 0. The van der Waals surface area contributed by atoms with E-state index in [0.717, 1.165) is 12.0 Å². The lowest BCUT2D eigenvalue weighted by molar-refractivity contribution is 0.384. The van der Waals surface area contributed by atoms with E-state index >= 15 is 0 Å². The Morgan fingerprint density at radius 2 is 1.84 bits per heavy atom. The molecule has 104 valence electrons. The molecule has 1 aliphatic carbocycles. The van der Waals surface area contributed by atoms with Gasteiger partial charge in [-0.2, -0.15) is 0 Å². The molecule has 1 aromatic rings. The summed E-state index contributed by atoms with van der Waals surface area (Å²) < 4.78 is 27.5. The SMILES string of the molecule is Cc1ccc(S(=O)(=O)N[C@H]2CC=C[C@@H]2C(C)C)cc1. The van der Waals surface area contributed by atoms with E-state index in [-0.39, 0.29) is 12.0 Å². The van der Waals surface area contributed by atoms with Crippen LogP contribution in [0.2, 0.25) is 0 Å². The fourth-order valence-corrected chi connectivity index (χ4v) is 3.75. The summed E-state index contributed by atoms with van der Waals surface area (Å²) in [5.74, 6) is 0.713. The lowest BCUT2D eigenvalue weighted by Gasteiger charge is -2.23. The molecule has 1 N–H and O–H groups in total. The highest BCUT2D eigenvalue weighted by atomic mass is 32.2. The lowest BCUT2D eigenvalue weighted by Crippen LogP contribution is -2.39. The smallest absolute Gasteiger partial charge is 0.207 e. The Balaban J connectivity index is 2.16. The average Bonchev–Trinajstić information content (AvgIpc) is 2.77. The Hall–Kier alpha value is -1.13. The predicted octanol–water partition coefficient (Wildman–Crippen LogP) is 2.87. The van der Waals surface area contributed by atoms with Crippen LogP contribution in [0.1, 0.15) is 25.8 Å². The Labute approximate surface area is 115 Å². The van der Waals surface area contributed by atoms with Gasteiger partial charge in [0.15, 0.2) is 0 Å². The van der Waals surface area contributed by atoms with Crippen molar-refractivity contribution in [3.63, 3.8) is 0 Å². The van der Waals surface area contributed by atoms with Crippen LogP contribution in [-0.2, 0) is 10.0 Å². The molecule has 2 rings (SSSR count). The zero-order valence-corrected chi connectivity index (χ0v) is 12.4. The normalized spacial score (nSPS) is 23.2. The number of nitrogens with one attached hydrogen (secondary N) is 1. The molecule has 0 fully saturated rings. The largest absolute Gasteiger partial charge is 0.240 e. The Bertz CT molecular complexity index is 558. The summed E-state index contributed by atoms with van der Waals surface area (Å²) >= 11 is 0. The van der Waals surface area contributed by atoms with Gasteiger partial charge in [0.05, 0.1) is 4.90 Å². The molecule has 0 bridgehead atoms. The van der Waals surface area contributed by atoms with Crippen LogP contribution in [0.15, 0.2) is 41.3 Å². The van der Waals surface area contributed by atoms with Gasteiger partial charge in [-0.1, -0.05) is 43.7 Å². The van der Waals surface area contributed by atoms with E-state index in [0.29, 0.717) is 10.8 Å². The average molecular weight is 279 g/mol. The maximum Gasteiger partial charge on any atom is 0.240 e. The summed E-state index contributed by atoms with van der Waals surface area (Å²) in [6, 6.07) is 6.93. The molecule has 0 saturated carbocycles. The topological polar surface area (TPSA) is 46.2 Å². The van der Waals surface area contributed by atoms with Gasteiger partial charge in [0.25, 0.3) is 0 Å². The Morgan fingerprint density at radius 3 is 2.42 bits per heavy atom. The molecule has 0 spiro atoms. The second kappa shape index (κ2) is 5.47. The van der Waals surface area contributed by atoms with Gasteiger partial charge in [0.1, 0.15) is 0 Å². The number of hydrogen-bond donors (Lipinski definition) is 1. The van der Waals surface area contributed by atoms with E-state index in [2.05, 4.69) is 30.7 Å². The van der Waals surface area contributed by atoms with Crippen molar-refractivity contribution in [3.8, 4) is 0 Å². The van der Waals surface area contributed by atoms with Gasteiger partial charge in [0.2, 0.25) is 10.0 Å². The number of benzene rings is 1. The second-order valence-corrected chi connectivity index (χ2v) is 7.24. The molecule has 0 amide bonds. The van der Waals surface area contributed by atoms with Crippen LogP contribution in [0.5, 0.6) is 0 Å². The summed E-state index contributed by atoms with van der Waals surface area (Å²) in [6.07, 6.45) is 4.95. The van der Waals surface area contributed by atoms with E-state index < -0.39 is 10.0 Å². The molecular weight excluding hydrogens is 258 g/mol. The van der Waals surface area contributed by atoms with Gasteiger partial charge < -0.3 is 0 Å². The summed E-state index contributed by atoms with van der Waals surface area (Å²) in [6.45, 7) is 6.18. The van der Waals surface area contributed by atoms with Crippen molar-refractivity contribution in [1.82, 2.24) is 4.72 Å². The zero-order chi connectivity index (χ0) is 14.0. The van der Waals surface area contributed by atoms with Crippen molar-refractivity contribution in [2.24, 2.45) is 11.8 Å². The van der Waals surface area contributed by atoms with Gasteiger partial charge in [-0.3, -0.25) is 0 Å². The molecule has 1 aliphatic rings. The fourth-order valence-electron chi connectivity index (χ4n) is 2.47. The first kappa shape index (κ1) is 14.3. The molecule has 0 radical (unpaired) electrons. The third-order valence-corrected chi connectivity index (χ3v) is 5.13. The predicted molar refractivity (Wildman–Crippen MR) is 77.4 cm³/mol. The lowest BCUT2D eigenvalue weighted by atomic mass is 9.92. The van der Waals surface area contributed by atoms with Gasteiger partial charge in [-0.05, 0) is 37.3 Å². The molecular formula is C15H21NO2S. The fraction of sp³-hybridized carbons (Fsp3) is 0.467. The summed E-state index contributed by atoms with van der Waals surface area (Å²) in [5.41, 5.74) is 1.06. The van der Waals surface area contributed by atoms with Gasteiger partial charge in [-0.15, -0.1) is 0 Å². The van der Waals surface area contributed by atoms with Crippen LogP contribution in [0, 0.1) is 18.8 Å². The third kappa shape index (κ3) is 3.25. The Morgan fingerprint density at radius 1 is 1.21 bits per heavy atom. The monoisotopic (exact) mass is 279 g/mol. The number of aryl methyl sites for hydroxylation is 1. The van der Waals surface area contributed by atoms with Crippen LogP contribution < -0.4 is 4.72 Å². The Kier molecular flexibility index (Phi) is 4.11. The van der Waals surface area contributed by atoms with Crippen molar-refractivity contribution in [2.75, 3.05) is 0 Å². The zero-order valence-electron chi connectivity index (χ0n) is 11.6. The van der Waals surface area contributed by atoms with E-state index in [1.807, 2.05) is 19.1 Å². The van der Waals surface area contributed by atoms with Gasteiger partial charge in [-0.25, -0.2) is 13.1 Å². The highest BCUT2D eigenvalue weighted by molar-refractivity contribution is 7.89. The van der Waals surface area contributed by atoms with E-state index in [9.17, 15) is 8.42 Å². The van der Waals surface area contributed by atoms with Crippen LogP contribution in [-0.4, -0.2) is 14.5 Å². The van der Waals surface area contributed by atoms with Crippen LogP contribution in [0.25, 0.3) is 0 Å². The molecule has 0 aliphatic heterocycles. The standard InChI is InChI=1S/C15H21NO2S/c1-11(2)14-5-4-6-15(14)16-19(17,18)13-9-7-12(3)8-10-13/h4-5,7-11,14-16H,6H2,1-3H3/t14-,15+/m1/s1. The quantitative estimate of drug-likeness (QED) is 0.861.